The summed E-state index contributed by atoms with van der Waals surface area (Å²) in [5.74, 6) is 0. The molecule has 1 aromatic rings. The van der Waals surface area contributed by atoms with Crippen LogP contribution in [0.4, 0.5) is 0 Å². The molecule has 2 rings (SSSR count). The second-order valence-electron chi connectivity index (χ2n) is 4.74. The molecule has 1 heterocycles. The van der Waals surface area contributed by atoms with Crippen molar-refractivity contribution in [3.8, 4) is 6.07 Å². The maximum Gasteiger partial charge on any atom is 0.240 e. The smallest absolute Gasteiger partial charge is 0.240 e. The van der Waals surface area contributed by atoms with Gasteiger partial charge >= 0.3 is 0 Å². The summed E-state index contributed by atoms with van der Waals surface area (Å²) in [6.45, 7) is 3.05. The molecule has 0 bridgehead atoms. The van der Waals surface area contributed by atoms with Gasteiger partial charge in [-0.1, -0.05) is 6.07 Å². The number of nitrogens with one attached hydrogen (secondary N) is 2. The Morgan fingerprint density at radius 1 is 1.53 bits per heavy atom. The van der Waals surface area contributed by atoms with Crippen LogP contribution in [0.25, 0.3) is 0 Å². The highest BCUT2D eigenvalue weighted by molar-refractivity contribution is 7.89. The molecule has 1 saturated heterocycles. The van der Waals surface area contributed by atoms with Gasteiger partial charge in [0.25, 0.3) is 0 Å². The summed E-state index contributed by atoms with van der Waals surface area (Å²) in [6, 6.07) is 6.85. The first-order valence-corrected chi connectivity index (χ1v) is 7.75. The Morgan fingerprint density at radius 2 is 2.32 bits per heavy atom. The van der Waals surface area contributed by atoms with Crippen LogP contribution in [-0.4, -0.2) is 27.5 Å². The normalized spacial score (nSPS) is 19.3. The lowest BCUT2D eigenvalue weighted by Gasteiger charge is -2.13. The Bertz CT molecular complexity index is 599. The quantitative estimate of drug-likeness (QED) is 0.858. The molecule has 0 radical (unpaired) electrons. The van der Waals surface area contributed by atoms with Gasteiger partial charge in [0.1, 0.15) is 0 Å². The fourth-order valence-electron chi connectivity index (χ4n) is 2.18. The Labute approximate surface area is 113 Å². The van der Waals surface area contributed by atoms with Crippen LogP contribution in [0.1, 0.15) is 24.0 Å². The van der Waals surface area contributed by atoms with E-state index >= 15 is 0 Å². The number of hydrogen-bond acceptors (Lipinski definition) is 4. The Balaban J connectivity index is 2.16. The third-order valence-corrected chi connectivity index (χ3v) is 4.85. The minimum absolute atomic E-state index is 0.185. The molecule has 0 aliphatic carbocycles. The second-order valence-corrected chi connectivity index (χ2v) is 6.47. The van der Waals surface area contributed by atoms with Crippen molar-refractivity contribution in [3.63, 3.8) is 0 Å². The molecule has 1 fully saturated rings. The number of benzene rings is 1. The van der Waals surface area contributed by atoms with E-state index in [4.69, 9.17) is 5.26 Å². The van der Waals surface area contributed by atoms with E-state index in [2.05, 4.69) is 10.0 Å². The number of nitrogens with zero attached hydrogens (tertiary/aromatic N) is 1. The molecule has 5 nitrogen and oxygen atoms in total. The van der Waals surface area contributed by atoms with E-state index in [0.717, 1.165) is 19.4 Å². The highest BCUT2D eigenvalue weighted by Gasteiger charge is 2.20. The van der Waals surface area contributed by atoms with E-state index in [1.54, 1.807) is 19.1 Å². The predicted molar refractivity (Wildman–Crippen MR) is 72.1 cm³/mol. The summed E-state index contributed by atoms with van der Waals surface area (Å²) < 4.78 is 27.1. The summed E-state index contributed by atoms with van der Waals surface area (Å²) >= 11 is 0. The SMILES string of the molecule is Cc1ccc(C#N)cc1S(=O)(=O)NC[C@H]1CCCN1. The lowest BCUT2D eigenvalue weighted by molar-refractivity contribution is 0.551. The Morgan fingerprint density at radius 3 is 2.95 bits per heavy atom. The van der Waals surface area contributed by atoms with Crippen molar-refractivity contribution >= 4 is 10.0 Å². The maximum absolute atomic E-state index is 12.2. The van der Waals surface area contributed by atoms with Crippen molar-refractivity contribution in [1.29, 1.82) is 5.26 Å². The molecule has 1 atom stereocenters. The van der Waals surface area contributed by atoms with Gasteiger partial charge in [0, 0.05) is 12.6 Å². The van der Waals surface area contributed by atoms with E-state index in [1.165, 1.54) is 6.07 Å². The predicted octanol–water partition coefficient (Wildman–Crippen LogP) is 0.897. The number of rotatable bonds is 4. The molecule has 6 heteroatoms. The molecule has 0 amide bonds. The molecule has 19 heavy (non-hydrogen) atoms. The molecule has 0 unspecified atom stereocenters. The summed E-state index contributed by atoms with van der Waals surface area (Å²) in [5.41, 5.74) is 0.996. The van der Waals surface area contributed by atoms with Gasteiger partial charge in [0.15, 0.2) is 0 Å². The average Bonchev–Trinajstić information content (AvgIpc) is 2.90. The monoisotopic (exact) mass is 279 g/mol. The second kappa shape index (κ2) is 5.70. The zero-order valence-corrected chi connectivity index (χ0v) is 11.6. The van der Waals surface area contributed by atoms with Gasteiger partial charge in [-0.25, -0.2) is 13.1 Å². The van der Waals surface area contributed by atoms with Crippen molar-refractivity contribution in [2.45, 2.75) is 30.7 Å². The van der Waals surface area contributed by atoms with Crippen molar-refractivity contribution in [3.05, 3.63) is 29.3 Å². The van der Waals surface area contributed by atoms with E-state index in [1.807, 2.05) is 6.07 Å². The standard InChI is InChI=1S/C13H17N3O2S/c1-10-4-5-11(8-14)7-13(10)19(17,18)16-9-12-3-2-6-15-12/h4-5,7,12,15-16H,2-3,6,9H2,1H3/t12-/m1/s1. The van der Waals surface area contributed by atoms with Gasteiger partial charge in [-0.15, -0.1) is 0 Å². The third-order valence-electron chi connectivity index (χ3n) is 3.29. The fourth-order valence-corrected chi connectivity index (χ4v) is 3.53. The zero-order chi connectivity index (χ0) is 13.9. The van der Waals surface area contributed by atoms with E-state index in [9.17, 15) is 8.42 Å². The molecule has 1 aliphatic heterocycles. The van der Waals surface area contributed by atoms with Crippen LogP contribution in [-0.2, 0) is 10.0 Å². The summed E-state index contributed by atoms with van der Waals surface area (Å²) in [4.78, 5) is 0.185. The van der Waals surface area contributed by atoms with Crippen LogP contribution in [0, 0.1) is 18.3 Å². The molecular weight excluding hydrogens is 262 g/mol. The highest BCUT2D eigenvalue weighted by atomic mass is 32.2. The largest absolute Gasteiger partial charge is 0.313 e. The van der Waals surface area contributed by atoms with Crippen LogP contribution >= 0.6 is 0 Å². The maximum atomic E-state index is 12.2. The van der Waals surface area contributed by atoms with E-state index in [-0.39, 0.29) is 10.9 Å². The van der Waals surface area contributed by atoms with Crippen LogP contribution in [0.3, 0.4) is 0 Å². The number of hydrogen-bond donors (Lipinski definition) is 2. The van der Waals surface area contributed by atoms with Gasteiger partial charge in [0.05, 0.1) is 16.5 Å². The van der Waals surface area contributed by atoms with Crippen molar-refractivity contribution < 1.29 is 8.42 Å². The molecule has 1 aliphatic rings. The van der Waals surface area contributed by atoms with Crippen molar-refractivity contribution in [2.75, 3.05) is 13.1 Å². The van der Waals surface area contributed by atoms with Gasteiger partial charge < -0.3 is 5.32 Å². The molecule has 0 aromatic heterocycles. The minimum Gasteiger partial charge on any atom is -0.313 e. The first-order valence-electron chi connectivity index (χ1n) is 6.27. The minimum atomic E-state index is -3.55. The molecular formula is C13H17N3O2S. The van der Waals surface area contributed by atoms with Crippen LogP contribution in [0.2, 0.25) is 0 Å². The average molecular weight is 279 g/mol. The Kier molecular flexibility index (Phi) is 4.20. The number of sulfonamides is 1. The van der Waals surface area contributed by atoms with Gasteiger partial charge in [0.2, 0.25) is 10.0 Å². The number of nitriles is 1. The summed E-state index contributed by atoms with van der Waals surface area (Å²) in [7, 11) is -3.55. The lowest BCUT2D eigenvalue weighted by atomic mass is 10.2. The Hall–Kier alpha value is -1.42. The molecule has 0 spiro atoms. The van der Waals surface area contributed by atoms with Crippen LogP contribution in [0.5, 0.6) is 0 Å². The molecule has 1 aromatic carbocycles. The van der Waals surface area contributed by atoms with Crippen molar-refractivity contribution in [1.82, 2.24) is 10.0 Å². The molecule has 2 N–H and O–H groups in total. The number of aryl methyl sites for hydroxylation is 1. The summed E-state index contributed by atoms with van der Waals surface area (Å²) in [5, 5.41) is 12.1. The van der Waals surface area contributed by atoms with Crippen LogP contribution < -0.4 is 10.0 Å². The molecule has 102 valence electrons. The van der Waals surface area contributed by atoms with Gasteiger partial charge in [-0.2, -0.15) is 5.26 Å². The van der Waals surface area contributed by atoms with Crippen LogP contribution in [0.15, 0.2) is 23.1 Å². The highest BCUT2D eigenvalue weighted by Crippen LogP contribution is 2.17. The topological polar surface area (TPSA) is 82.0 Å². The molecule has 0 saturated carbocycles. The lowest BCUT2D eigenvalue weighted by Crippen LogP contribution is -2.37. The van der Waals surface area contributed by atoms with Gasteiger partial charge in [-0.05, 0) is 44.0 Å². The zero-order valence-electron chi connectivity index (χ0n) is 10.8. The van der Waals surface area contributed by atoms with Gasteiger partial charge in [-0.3, -0.25) is 0 Å². The summed E-state index contributed by atoms with van der Waals surface area (Å²) in [6.07, 6.45) is 2.06. The fraction of sp³-hybridized carbons (Fsp3) is 0.462. The van der Waals surface area contributed by atoms with E-state index in [0.29, 0.717) is 17.7 Å². The van der Waals surface area contributed by atoms with Crippen molar-refractivity contribution in [2.24, 2.45) is 0 Å². The first kappa shape index (κ1) is 14.0. The van der Waals surface area contributed by atoms with E-state index < -0.39 is 10.0 Å². The first-order chi connectivity index (χ1) is 9.03. The third kappa shape index (κ3) is 3.32.